The Morgan fingerprint density at radius 3 is 2.67 bits per heavy atom. The lowest BCUT2D eigenvalue weighted by Gasteiger charge is -2.18. The predicted octanol–water partition coefficient (Wildman–Crippen LogP) is 0.344. The van der Waals surface area contributed by atoms with E-state index in [1.165, 1.54) is 0 Å². The van der Waals surface area contributed by atoms with Crippen LogP contribution in [0.15, 0.2) is 24.3 Å². The van der Waals surface area contributed by atoms with Crippen LogP contribution < -0.4 is 21.1 Å². The summed E-state index contributed by atoms with van der Waals surface area (Å²) in [5.41, 5.74) is 6.26. The van der Waals surface area contributed by atoms with Crippen LogP contribution in [-0.2, 0) is 9.59 Å². The molecule has 116 valence electrons. The van der Waals surface area contributed by atoms with Crippen LogP contribution in [-0.4, -0.2) is 37.6 Å². The molecular weight excluding hydrogens is 270 g/mol. The fraction of sp³-hybridized carbons (Fsp3) is 0.467. The summed E-state index contributed by atoms with van der Waals surface area (Å²) in [5.74, 6) is 0.170. The van der Waals surface area contributed by atoms with Crippen molar-refractivity contribution in [3.05, 3.63) is 29.8 Å². The summed E-state index contributed by atoms with van der Waals surface area (Å²) in [6, 6.07) is 7.76. The zero-order valence-electron chi connectivity index (χ0n) is 12.5. The molecule has 21 heavy (non-hydrogen) atoms. The number of hydrogen-bond acceptors (Lipinski definition) is 4. The summed E-state index contributed by atoms with van der Waals surface area (Å²) < 4.78 is 5.82. The standard InChI is InChI=1S/C15H23N3O3/c1-3-12(21-13-6-4-5-11(2)7-13)9-17-15(20)10-18-14(19)8-16/h4-7,12H,3,8-10,16H2,1-2H3,(H,17,20)(H,18,19). The Balaban J connectivity index is 2.37. The maximum atomic E-state index is 11.6. The van der Waals surface area contributed by atoms with Crippen molar-refractivity contribution in [2.45, 2.75) is 26.4 Å². The number of aryl methyl sites for hydroxylation is 1. The van der Waals surface area contributed by atoms with Crippen LogP contribution in [0.4, 0.5) is 0 Å². The largest absolute Gasteiger partial charge is 0.489 e. The minimum absolute atomic E-state index is 0.0725. The van der Waals surface area contributed by atoms with Crippen LogP contribution >= 0.6 is 0 Å². The van der Waals surface area contributed by atoms with Gasteiger partial charge in [-0.25, -0.2) is 0 Å². The average molecular weight is 293 g/mol. The van der Waals surface area contributed by atoms with Gasteiger partial charge in [-0.3, -0.25) is 9.59 Å². The van der Waals surface area contributed by atoms with Gasteiger partial charge in [-0.1, -0.05) is 19.1 Å². The number of nitrogens with one attached hydrogen (secondary N) is 2. The Labute approximate surface area is 125 Å². The monoisotopic (exact) mass is 293 g/mol. The van der Waals surface area contributed by atoms with Crippen molar-refractivity contribution < 1.29 is 14.3 Å². The summed E-state index contributed by atoms with van der Waals surface area (Å²) in [6.07, 6.45) is 0.657. The number of carbonyl (C=O) groups excluding carboxylic acids is 2. The van der Waals surface area contributed by atoms with E-state index in [-0.39, 0.29) is 31.0 Å². The van der Waals surface area contributed by atoms with Gasteiger partial charge < -0.3 is 21.1 Å². The number of nitrogens with two attached hydrogens (primary N) is 1. The van der Waals surface area contributed by atoms with Crippen molar-refractivity contribution in [3.8, 4) is 5.75 Å². The molecule has 0 saturated carbocycles. The quantitative estimate of drug-likeness (QED) is 0.644. The molecule has 0 radical (unpaired) electrons. The van der Waals surface area contributed by atoms with Gasteiger partial charge in [0, 0.05) is 0 Å². The van der Waals surface area contributed by atoms with Gasteiger partial charge in [-0.05, 0) is 31.0 Å². The highest BCUT2D eigenvalue weighted by molar-refractivity contribution is 5.85. The zero-order valence-corrected chi connectivity index (χ0v) is 12.5. The van der Waals surface area contributed by atoms with E-state index in [0.717, 1.165) is 17.7 Å². The molecule has 2 amide bonds. The first-order valence-corrected chi connectivity index (χ1v) is 7.02. The number of amides is 2. The minimum Gasteiger partial charge on any atom is -0.489 e. The maximum Gasteiger partial charge on any atom is 0.239 e. The van der Waals surface area contributed by atoms with E-state index in [1.54, 1.807) is 0 Å². The van der Waals surface area contributed by atoms with Crippen molar-refractivity contribution in [2.24, 2.45) is 5.73 Å². The highest BCUT2D eigenvalue weighted by Crippen LogP contribution is 2.15. The fourth-order valence-corrected chi connectivity index (χ4v) is 1.69. The van der Waals surface area contributed by atoms with E-state index < -0.39 is 0 Å². The molecule has 0 fully saturated rings. The molecule has 6 heteroatoms. The van der Waals surface area contributed by atoms with Crippen LogP contribution in [0, 0.1) is 6.92 Å². The first-order chi connectivity index (χ1) is 10.0. The predicted molar refractivity (Wildman–Crippen MR) is 81.0 cm³/mol. The Kier molecular flexibility index (Phi) is 7.25. The molecule has 6 nitrogen and oxygen atoms in total. The summed E-state index contributed by atoms with van der Waals surface area (Å²) in [7, 11) is 0. The normalized spacial score (nSPS) is 11.6. The zero-order chi connectivity index (χ0) is 15.7. The van der Waals surface area contributed by atoms with E-state index in [1.807, 2.05) is 38.1 Å². The molecule has 0 spiro atoms. The lowest BCUT2D eigenvalue weighted by Crippen LogP contribution is -2.42. The van der Waals surface area contributed by atoms with Gasteiger partial charge in [0.1, 0.15) is 11.9 Å². The molecule has 0 aliphatic rings. The number of rotatable bonds is 8. The summed E-state index contributed by atoms with van der Waals surface area (Å²) in [6.45, 7) is 4.18. The first-order valence-electron chi connectivity index (χ1n) is 7.02. The van der Waals surface area contributed by atoms with Gasteiger partial charge in [0.25, 0.3) is 0 Å². The molecular formula is C15H23N3O3. The van der Waals surface area contributed by atoms with Gasteiger partial charge in [-0.15, -0.1) is 0 Å². The van der Waals surface area contributed by atoms with E-state index in [9.17, 15) is 9.59 Å². The number of hydrogen-bond donors (Lipinski definition) is 3. The molecule has 0 saturated heterocycles. The van der Waals surface area contributed by atoms with Gasteiger partial charge >= 0.3 is 0 Å². The number of benzene rings is 1. The Morgan fingerprint density at radius 1 is 1.29 bits per heavy atom. The fourth-order valence-electron chi connectivity index (χ4n) is 1.69. The molecule has 0 aliphatic carbocycles. The lowest BCUT2D eigenvalue weighted by atomic mass is 10.2. The molecule has 4 N–H and O–H groups in total. The Bertz CT molecular complexity index is 477. The lowest BCUT2D eigenvalue weighted by molar-refractivity contribution is -0.125. The van der Waals surface area contributed by atoms with Crippen LogP contribution in [0.2, 0.25) is 0 Å². The summed E-state index contributed by atoms with van der Waals surface area (Å²) >= 11 is 0. The third-order valence-electron chi connectivity index (χ3n) is 2.91. The van der Waals surface area contributed by atoms with Gasteiger partial charge in [-0.2, -0.15) is 0 Å². The highest BCUT2D eigenvalue weighted by Gasteiger charge is 2.11. The average Bonchev–Trinajstić information content (AvgIpc) is 2.48. The minimum atomic E-state index is -0.354. The molecule has 0 heterocycles. The van der Waals surface area contributed by atoms with E-state index in [0.29, 0.717) is 6.54 Å². The molecule has 1 unspecified atom stereocenters. The molecule has 0 aliphatic heterocycles. The maximum absolute atomic E-state index is 11.6. The Hall–Kier alpha value is -2.08. The third kappa shape index (κ3) is 6.76. The third-order valence-corrected chi connectivity index (χ3v) is 2.91. The number of carbonyl (C=O) groups is 2. The Morgan fingerprint density at radius 2 is 2.05 bits per heavy atom. The van der Waals surface area contributed by atoms with Crippen molar-refractivity contribution in [2.75, 3.05) is 19.6 Å². The van der Waals surface area contributed by atoms with E-state index >= 15 is 0 Å². The van der Waals surface area contributed by atoms with E-state index in [2.05, 4.69) is 10.6 Å². The molecule has 1 aromatic rings. The van der Waals surface area contributed by atoms with Crippen LogP contribution in [0.1, 0.15) is 18.9 Å². The molecule has 1 atom stereocenters. The van der Waals surface area contributed by atoms with Crippen LogP contribution in [0.3, 0.4) is 0 Å². The molecule has 0 bridgehead atoms. The topological polar surface area (TPSA) is 93.5 Å². The van der Waals surface area contributed by atoms with Crippen molar-refractivity contribution >= 4 is 11.8 Å². The van der Waals surface area contributed by atoms with Crippen LogP contribution in [0.5, 0.6) is 5.75 Å². The summed E-state index contributed by atoms with van der Waals surface area (Å²) in [4.78, 5) is 22.5. The van der Waals surface area contributed by atoms with Gasteiger partial charge in [0.2, 0.25) is 11.8 Å². The SMILES string of the molecule is CCC(CNC(=O)CNC(=O)CN)Oc1cccc(C)c1. The van der Waals surface area contributed by atoms with Gasteiger partial charge in [0.05, 0.1) is 19.6 Å². The second kappa shape index (κ2) is 8.97. The van der Waals surface area contributed by atoms with Gasteiger partial charge in [0.15, 0.2) is 0 Å². The van der Waals surface area contributed by atoms with Crippen molar-refractivity contribution in [3.63, 3.8) is 0 Å². The second-order valence-corrected chi connectivity index (χ2v) is 4.75. The first kappa shape index (κ1) is 17.0. The van der Waals surface area contributed by atoms with Crippen LogP contribution in [0.25, 0.3) is 0 Å². The molecule has 1 rings (SSSR count). The molecule has 0 aromatic heterocycles. The smallest absolute Gasteiger partial charge is 0.239 e. The number of ether oxygens (including phenoxy) is 1. The molecule has 1 aromatic carbocycles. The second-order valence-electron chi connectivity index (χ2n) is 4.75. The van der Waals surface area contributed by atoms with Crippen molar-refractivity contribution in [1.29, 1.82) is 0 Å². The van der Waals surface area contributed by atoms with E-state index in [4.69, 9.17) is 10.5 Å². The highest BCUT2D eigenvalue weighted by atomic mass is 16.5. The van der Waals surface area contributed by atoms with Crippen molar-refractivity contribution in [1.82, 2.24) is 10.6 Å². The summed E-state index contributed by atoms with van der Waals surface area (Å²) in [5, 5.41) is 5.14.